The molecule has 0 radical (unpaired) electrons. The highest BCUT2D eigenvalue weighted by Gasteiger charge is 2.06. The molecular formula is C14H15N. The molecule has 0 unspecified atom stereocenters. The molecule has 0 amide bonds. The summed E-state index contributed by atoms with van der Waals surface area (Å²) in [5.74, 6) is 0. The van der Waals surface area contributed by atoms with E-state index in [-0.39, 0.29) is 6.04 Å². The number of benzene rings is 2. The van der Waals surface area contributed by atoms with Crippen molar-refractivity contribution in [3.8, 4) is 0 Å². The van der Waals surface area contributed by atoms with E-state index in [9.17, 15) is 0 Å². The predicted octanol–water partition coefficient (Wildman–Crippen LogP) is 3.04. The summed E-state index contributed by atoms with van der Waals surface area (Å²) in [6, 6.07) is 18.5. The summed E-state index contributed by atoms with van der Waals surface area (Å²) in [5.41, 5.74) is 9.74. The molecule has 1 atom stereocenters. The smallest absolute Gasteiger partial charge is 0.0551 e. The minimum Gasteiger partial charge on any atom is -0.320 e. The zero-order chi connectivity index (χ0) is 10.7. The highest BCUT2D eigenvalue weighted by atomic mass is 14.6. The molecule has 2 rings (SSSR count). The Kier molecular flexibility index (Phi) is 2.84. The highest BCUT2D eigenvalue weighted by molar-refractivity contribution is 5.32. The van der Waals surface area contributed by atoms with E-state index in [2.05, 4.69) is 43.3 Å². The molecule has 1 nitrogen and oxygen atoms in total. The normalized spacial score (nSPS) is 12.4. The van der Waals surface area contributed by atoms with Crippen LogP contribution in [0.25, 0.3) is 0 Å². The molecule has 0 fully saturated rings. The van der Waals surface area contributed by atoms with Crippen LogP contribution in [0.15, 0.2) is 54.6 Å². The summed E-state index contributed by atoms with van der Waals surface area (Å²) < 4.78 is 0. The zero-order valence-corrected chi connectivity index (χ0v) is 8.85. The second-order valence-electron chi connectivity index (χ2n) is 3.80. The van der Waals surface area contributed by atoms with Crippen molar-refractivity contribution in [3.05, 3.63) is 71.3 Å². The van der Waals surface area contributed by atoms with Gasteiger partial charge in [-0.05, 0) is 18.1 Å². The zero-order valence-electron chi connectivity index (χ0n) is 8.85. The van der Waals surface area contributed by atoms with Crippen LogP contribution >= 0.6 is 0 Å². The van der Waals surface area contributed by atoms with E-state index in [4.69, 9.17) is 5.73 Å². The van der Waals surface area contributed by atoms with E-state index in [1.54, 1.807) is 0 Å². The monoisotopic (exact) mass is 197 g/mol. The topological polar surface area (TPSA) is 26.0 Å². The summed E-state index contributed by atoms with van der Waals surface area (Å²) >= 11 is 0. The van der Waals surface area contributed by atoms with Gasteiger partial charge in [-0.2, -0.15) is 0 Å². The first kappa shape index (κ1) is 9.94. The van der Waals surface area contributed by atoms with E-state index >= 15 is 0 Å². The number of rotatable bonds is 2. The van der Waals surface area contributed by atoms with Gasteiger partial charge in [0.25, 0.3) is 0 Å². The molecule has 2 aromatic carbocycles. The minimum absolute atomic E-state index is 0.0215. The summed E-state index contributed by atoms with van der Waals surface area (Å²) in [7, 11) is 0. The highest BCUT2D eigenvalue weighted by Crippen LogP contribution is 2.19. The Balaban J connectivity index is 2.29. The second kappa shape index (κ2) is 4.28. The van der Waals surface area contributed by atoms with Crippen molar-refractivity contribution in [1.29, 1.82) is 0 Å². The summed E-state index contributed by atoms with van der Waals surface area (Å²) in [6.45, 7) is 2.08. The fourth-order valence-electron chi connectivity index (χ4n) is 1.63. The second-order valence-corrected chi connectivity index (χ2v) is 3.80. The number of nitrogens with two attached hydrogens (primary N) is 1. The fourth-order valence-corrected chi connectivity index (χ4v) is 1.63. The van der Waals surface area contributed by atoms with Crippen LogP contribution < -0.4 is 5.73 Å². The third kappa shape index (κ3) is 2.25. The summed E-state index contributed by atoms with van der Waals surface area (Å²) in [5, 5.41) is 0. The third-order valence-corrected chi connectivity index (χ3v) is 2.60. The minimum atomic E-state index is -0.0215. The Morgan fingerprint density at radius 1 is 0.800 bits per heavy atom. The Morgan fingerprint density at radius 3 is 1.93 bits per heavy atom. The summed E-state index contributed by atoms with van der Waals surface area (Å²) in [6.07, 6.45) is 0. The van der Waals surface area contributed by atoms with Crippen LogP contribution in [-0.4, -0.2) is 0 Å². The van der Waals surface area contributed by atoms with Gasteiger partial charge >= 0.3 is 0 Å². The van der Waals surface area contributed by atoms with Crippen molar-refractivity contribution in [1.82, 2.24) is 0 Å². The number of hydrogen-bond donors (Lipinski definition) is 1. The van der Waals surface area contributed by atoms with Crippen LogP contribution in [-0.2, 0) is 0 Å². The van der Waals surface area contributed by atoms with Crippen LogP contribution in [0.1, 0.15) is 22.7 Å². The van der Waals surface area contributed by atoms with Gasteiger partial charge in [-0.1, -0.05) is 60.2 Å². The Bertz CT molecular complexity index is 417. The van der Waals surface area contributed by atoms with Gasteiger partial charge in [-0.15, -0.1) is 0 Å². The quantitative estimate of drug-likeness (QED) is 0.786. The number of hydrogen-bond acceptors (Lipinski definition) is 1. The lowest BCUT2D eigenvalue weighted by Gasteiger charge is -2.12. The maximum atomic E-state index is 6.17. The van der Waals surface area contributed by atoms with E-state index in [1.807, 2.05) is 18.2 Å². The Morgan fingerprint density at radius 2 is 1.33 bits per heavy atom. The van der Waals surface area contributed by atoms with Crippen LogP contribution in [0.5, 0.6) is 0 Å². The third-order valence-electron chi connectivity index (χ3n) is 2.60. The van der Waals surface area contributed by atoms with Crippen molar-refractivity contribution in [2.75, 3.05) is 0 Å². The SMILES string of the molecule is Cc1ccc([C@@H](N)c2ccccc2)cc1. The largest absolute Gasteiger partial charge is 0.320 e. The molecular weight excluding hydrogens is 182 g/mol. The molecule has 0 aromatic heterocycles. The standard InChI is InChI=1S/C14H15N/c1-11-7-9-13(10-8-11)14(15)12-5-3-2-4-6-12/h2-10,14H,15H2,1H3/t14-/m0/s1. The van der Waals surface area contributed by atoms with E-state index in [0.717, 1.165) is 11.1 Å². The van der Waals surface area contributed by atoms with Gasteiger partial charge in [-0.3, -0.25) is 0 Å². The summed E-state index contributed by atoms with van der Waals surface area (Å²) in [4.78, 5) is 0. The van der Waals surface area contributed by atoms with Gasteiger partial charge in [0.15, 0.2) is 0 Å². The van der Waals surface area contributed by atoms with E-state index < -0.39 is 0 Å². The molecule has 1 heteroatoms. The van der Waals surface area contributed by atoms with Gasteiger partial charge in [0.2, 0.25) is 0 Å². The van der Waals surface area contributed by atoms with Gasteiger partial charge in [0, 0.05) is 0 Å². The molecule has 2 aromatic rings. The molecule has 0 aliphatic carbocycles. The van der Waals surface area contributed by atoms with Crippen molar-refractivity contribution >= 4 is 0 Å². The lowest BCUT2D eigenvalue weighted by molar-refractivity contribution is 0.871. The maximum Gasteiger partial charge on any atom is 0.0551 e. The van der Waals surface area contributed by atoms with Gasteiger partial charge < -0.3 is 5.73 Å². The molecule has 0 saturated carbocycles. The van der Waals surface area contributed by atoms with Crippen molar-refractivity contribution in [2.45, 2.75) is 13.0 Å². The van der Waals surface area contributed by atoms with Crippen LogP contribution in [0.3, 0.4) is 0 Å². The molecule has 15 heavy (non-hydrogen) atoms. The first-order valence-corrected chi connectivity index (χ1v) is 5.14. The van der Waals surface area contributed by atoms with E-state index in [1.165, 1.54) is 5.56 Å². The lowest BCUT2D eigenvalue weighted by atomic mass is 9.99. The first-order chi connectivity index (χ1) is 7.27. The molecule has 2 N–H and O–H groups in total. The van der Waals surface area contributed by atoms with Crippen molar-refractivity contribution in [3.63, 3.8) is 0 Å². The molecule has 0 aliphatic heterocycles. The molecule has 0 bridgehead atoms. The molecule has 0 heterocycles. The predicted molar refractivity (Wildman–Crippen MR) is 63.7 cm³/mol. The first-order valence-electron chi connectivity index (χ1n) is 5.14. The van der Waals surface area contributed by atoms with Gasteiger partial charge in [-0.25, -0.2) is 0 Å². The molecule has 0 spiro atoms. The number of aryl methyl sites for hydroxylation is 1. The van der Waals surface area contributed by atoms with E-state index in [0.29, 0.717) is 0 Å². The molecule has 76 valence electrons. The molecule has 0 aliphatic rings. The van der Waals surface area contributed by atoms with Gasteiger partial charge in [0.05, 0.1) is 6.04 Å². The fraction of sp³-hybridized carbons (Fsp3) is 0.143. The van der Waals surface area contributed by atoms with Crippen LogP contribution in [0, 0.1) is 6.92 Å². The van der Waals surface area contributed by atoms with Crippen LogP contribution in [0.4, 0.5) is 0 Å². The maximum absolute atomic E-state index is 6.17. The average molecular weight is 197 g/mol. The van der Waals surface area contributed by atoms with Crippen LogP contribution in [0.2, 0.25) is 0 Å². The Labute approximate surface area is 90.6 Å². The van der Waals surface area contributed by atoms with Gasteiger partial charge in [0.1, 0.15) is 0 Å². The molecule has 0 saturated heterocycles. The van der Waals surface area contributed by atoms with Crippen molar-refractivity contribution < 1.29 is 0 Å². The Hall–Kier alpha value is -1.60. The lowest BCUT2D eigenvalue weighted by Crippen LogP contribution is -2.11. The average Bonchev–Trinajstić information content (AvgIpc) is 2.30. The van der Waals surface area contributed by atoms with Crippen molar-refractivity contribution in [2.24, 2.45) is 5.73 Å².